The Bertz CT molecular complexity index is 244. The zero-order valence-electron chi connectivity index (χ0n) is 4.95. The normalized spacial score (nSPS) is 68.6. The Morgan fingerprint density at radius 3 is 3.10 bits per heavy atom. The maximum Gasteiger partial charge on any atom is 0.160 e. The van der Waals surface area contributed by atoms with Crippen molar-refractivity contribution in [2.24, 2.45) is 0 Å². The van der Waals surface area contributed by atoms with E-state index in [1.54, 1.807) is 0 Å². The molecule has 0 spiro atoms. The monoisotopic (exact) mass is 192 g/mol. The number of halogens is 1. The van der Waals surface area contributed by atoms with E-state index < -0.39 is 4.93 Å². The van der Waals surface area contributed by atoms with Gasteiger partial charge in [0.25, 0.3) is 0 Å². The van der Waals surface area contributed by atoms with Gasteiger partial charge in [0.2, 0.25) is 0 Å². The molecule has 2 saturated heterocycles. The Morgan fingerprint density at radius 2 is 2.40 bits per heavy atom. The lowest BCUT2D eigenvalue weighted by atomic mass is 10.1. The maximum atomic E-state index is 9.64. The molecule has 0 amide bonds. The largest absolute Gasteiger partial charge is 0.373 e. The molecule has 54 valence electrons. The summed E-state index contributed by atoms with van der Waals surface area (Å²) >= 11 is 9.43. The van der Waals surface area contributed by atoms with E-state index in [-0.39, 0.29) is 4.21 Å². The average Bonchev–Trinajstić information content (AvgIpc) is 2.64. The smallest absolute Gasteiger partial charge is 0.160 e. The second-order valence-corrected chi connectivity index (χ2v) is 6.44. The van der Waals surface area contributed by atoms with Gasteiger partial charge in [-0.2, -0.15) is 0 Å². The summed E-state index contributed by atoms with van der Waals surface area (Å²) in [6.07, 6.45) is 3.90. The Kier molecular flexibility index (Phi) is 0.886. The SMILES string of the molecule is OC12C=CC3SC3C1(Cl)S2. The number of alkyl halides is 1. The molecule has 1 N–H and O–H groups in total. The fourth-order valence-corrected chi connectivity index (χ4v) is 4.73. The maximum absolute atomic E-state index is 9.64. The zero-order chi connectivity index (χ0) is 6.98. The van der Waals surface area contributed by atoms with Crippen molar-refractivity contribution in [2.75, 3.05) is 0 Å². The fourth-order valence-electron chi connectivity index (χ4n) is 1.40. The predicted molar refractivity (Wildman–Crippen MR) is 45.4 cm³/mol. The van der Waals surface area contributed by atoms with Crippen LogP contribution < -0.4 is 0 Å². The molecule has 0 bridgehead atoms. The minimum Gasteiger partial charge on any atom is -0.373 e. The van der Waals surface area contributed by atoms with Crippen LogP contribution in [0.4, 0.5) is 0 Å². The Hall–Kier alpha value is 0.690. The second kappa shape index (κ2) is 1.42. The summed E-state index contributed by atoms with van der Waals surface area (Å²) in [5.41, 5.74) is 0. The van der Waals surface area contributed by atoms with Crippen molar-refractivity contribution in [3.8, 4) is 0 Å². The first-order chi connectivity index (χ1) is 4.66. The zero-order valence-corrected chi connectivity index (χ0v) is 7.34. The summed E-state index contributed by atoms with van der Waals surface area (Å²) in [7, 11) is 0. The molecule has 2 fully saturated rings. The Morgan fingerprint density at radius 1 is 1.60 bits per heavy atom. The van der Waals surface area contributed by atoms with Gasteiger partial charge in [-0.25, -0.2) is 0 Å². The lowest BCUT2D eigenvalue weighted by Gasteiger charge is -2.10. The van der Waals surface area contributed by atoms with Crippen molar-refractivity contribution in [3.05, 3.63) is 12.2 Å². The number of hydrogen-bond donors (Lipinski definition) is 1. The van der Waals surface area contributed by atoms with E-state index in [1.807, 2.05) is 17.8 Å². The van der Waals surface area contributed by atoms with Gasteiger partial charge in [0.05, 0.1) is 5.25 Å². The van der Waals surface area contributed by atoms with Gasteiger partial charge in [-0.05, 0) is 6.08 Å². The highest BCUT2D eigenvalue weighted by Crippen LogP contribution is 2.77. The molecular weight excluding hydrogens is 188 g/mol. The van der Waals surface area contributed by atoms with E-state index in [0.717, 1.165) is 0 Å². The molecule has 0 aromatic heterocycles. The number of fused-ring (bicyclic) bond motifs is 3. The van der Waals surface area contributed by atoms with Gasteiger partial charge >= 0.3 is 0 Å². The van der Waals surface area contributed by atoms with Crippen molar-refractivity contribution in [1.82, 2.24) is 0 Å². The fraction of sp³-hybridized carbons (Fsp3) is 0.667. The molecule has 0 saturated carbocycles. The molecule has 2 aliphatic heterocycles. The van der Waals surface area contributed by atoms with E-state index in [1.165, 1.54) is 11.8 Å². The molecule has 1 nitrogen and oxygen atoms in total. The summed E-state index contributed by atoms with van der Waals surface area (Å²) in [6, 6.07) is 0. The summed E-state index contributed by atoms with van der Waals surface area (Å²) in [6.45, 7) is 0. The molecule has 2 heterocycles. The van der Waals surface area contributed by atoms with Crippen LogP contribution in [0.15, 0.2) is 12.2 Å². The molecule has 1 aliphatic carbocycles. The van der Waals surface area contributed by atoms with E-state index in [9.17, 15) is 5.11 Å². The predicted octanol–water partition coefficient (Wildman–Crippen LogP) is 1.41. The number of hydrogen-bond acceptors (Lipinski definition) is 3. The third-order valence-corrected chi connectivity index (χ3v) is 6.10. The highest BCUT2D eigenvalue weighted by atomic mass is 35.5. The minimum absolute atomic E-state index is 0.364. The van der Waals surface area contributed by atoms with Crippen LogP contribution in [0.5, 0.6) is 0 Å². The molecule has 0 aromatic rings. The van der Waals surface area contributed by atoms with E-state index in [4.69, 9.17) is 11.6 Å². The van der Waals surface area contributed by atoms with Crippen LogP contribution in [-0.4, -0.2) is 24.7 Å². The van der Waals surface area contributed by atoms with Gasteiger partial charge in [-0.15, -0.1) is 23.4 Å². The van der Waals surface area contributed by atoms with E-state index >= 15 is 0 Å². The van der Waals surface area contributed by atoms with Crippen molar-refractivity contribution in [3.63, 3.8) is 0 Å². The molecule has 0 aromatic carbocycles. The van der Waals surface area contributed by atoms with Crippen molar-refractivity contribution >= 4 is 35.1 Å². The van der Waals surface area contributed by atoms with Crippen molar-refractivity contribution in [2.45, 2.75) is 19.6 Å². The second-order valence-electron chi connectivity index (χ2n) is 2.82. The standard InChI is InChI=1S/C6H5ClOS2/c7-6-4-3(9-4)1-2-5(6,8)10-6/h1-4,8H. The Balaban J connectivity index is 2.09. The average molecular weight is 193 g/mol. The van der Waals surface area contributed by atoms with E-state index in [2.05, 4.69) is 6.08 Å². The topological polar surface area (TPSA) is 20.2 Å². The molecule has 10 heavy (non-hydrogen) atoms. The van der Waals surface area contributed by atoms with Crippen LogP contribution in [0, 0.1) is 0 Å². The highest BCUT2D eigenvalue weighted by Gasteiger charge is 2.77. The van der Waals surface area contributed by atoms with Gasteiger partial charge in [-0.3, -0.25) is 0 Å². The molecule has 4 unspecified atom stereocenters. The van der Waals surface area contributed by atoms with Gasteiger partial charge in [0.1, 0.15) is 4.21 Å². The summed E-state index contributed by atoms with van der Waals surface area (Å²) in [4.78, 5) is -0.723. The van der Waals surface area contributed by atoms with Gasteiger partial charge in [0.15, 0.2) is 4.93 Å². The number of thioether (sulfide) groups is 2. The summed E-state index contributed by atoms with van der Waals surface area (Å²) < 4.78 is -0.364. The van der Waals surface area contributed by atoms with Crippen LogP contribution in [0.25, 0.3) is 0 Å². The third-order valence-electron chi connectivity index (χ3n) is 2.15. The van der Waals surface area contributed by atoms with Crippen LogP contribution in [0.2, 0.25) is 0 Å². The first-order valence-corrected chi connectivity index (χ1v) is 5.26. The lowest BCUT2D eigenvalue weighted by molar-refractivity contribution is 0.207. The number of rotatable bonds is 0. The lowest BCUT2D eigenvalue weighted by Crippen LogP contribution is -2.27. The molecule has 4 heteroatoms. The molecular formula is C6H5ClOS2. The number of aliphatic hydroxyl groups is 1. The van der Waals surface area contributed by atoms with Gasteiger partial charge in [-0.1, -0.05) is 17.8 Å². The quantitative estimate of drug-likeness (QED) is 0.356. The van der Waals surface area contributed by atoms with Gasteiger partial charge in [0, 0.05) is 5.25 Å². The Labute approximate surface area is 72.2 Å². The van der Waals surface area contributed by atoms with Crippen LogP contribution in [0.3, 0.4) is 0 Å². The van der Waals surface area contributed by atoms with Crippen LogP contribution in [-0.2, 0) is 0 Å². The van der Waals surface area contributed by atoms with Crippen molar-refractivity contribution < 1.29 is 5.11 Å². The first-order valence-electron chi connectivity index (χ1n) is 3.12. The summed E-state index contributed by atoms with van der Waals surface area (Å²) in [5, 5.41) is 10.7. The minimum atomic E-state index is -0.723. The van der Waals surface area contributed by atoms with E-state index in [0.29, 0.717) is 10.5 Å². The molecule has 3 aliphatic rings. The molecule has 4 atom stereocenters. The molecule has 0 radical (unpaired) electrons. The highest BCUT2D eigenvalue weighted by molar-refractivity contribution is 8.15. The van der Waals surface area contributed by atoms with Crippen molar-refractivity contribution in [1.29, 1.82) is 0 Å². The first kappa shape index (κ1) is 6.23. The van der Waals surface area contributed by atoms with Crippen LogP contribution >= 0.6 is 35.1 Å². The summed E-state index contributed by atoms with van der Waals surface area (Å²) in [5.74, 6) is 0. The molecule has 3 rings (SSSR count). The third kappa shape index (κ3) is 0.512. The van der Waals surface area contributed by atoms with Gasteiger partial charge < -0.3 is 5.11 Å². The van der Waals surface area contributed by atoms with Crippen LogP contribution in [0.1, 0.15) is 0 Å².